The number of nitrogens with zero attached hydrogens (tertiary/aromatic N) is 1. The van der Waals surface area contributed by atoms with Gasteiger partial charge in [-0.25, -0.2) is 0 Å². The van der Waals surface area contributed by atoms with Crippen molar-refractivity contribution in [2.24, 2.45) is 0 Å². The van der Waals surface area contributed by atoms with Crippen LogP contribution in [-0.4, -0.2) is 0 Å². The highest BCUT2D eigenvalue weighted by Crippen LogP contribution is 2.38. The third-order valence-electron chi connectivity index (χ3n) is 11.3. The third kappa shape index (κ3) is 7.58. The summed E-state index contributed by atoms with van der Waals surface area (Å²) in [6.45, 7) is 0. The van der Waals surface area contributed by atoms with Gasteiger partial charge in [0.1, 0.15) is 0 Å². The molecule has 0 heterocycles. The molecule has 0 bridgehead atoms. The minimum Gasteiger partial charge on any atom is -0.311 e. The molecule has 0 amide bonds. The zero-order valence-electron chi connectivity index (χ0n) is 32.6. The first-order valence-electron chi connectivity index (χ1n) is 20.2. The maximum atomic E-state index is 2.34. The van der Waals surface area contributed by atoms with Crippen LogP contribution in [0.2, 0.25) is 0 Å². The molecule has 0 N–H and O–H groups in total. The second-order valence-electron chi connectivity index (χ2n) is 15.0. The molecular formula is C58H41N. The van der Waals surface area contributed by atoms with Crippen molar-refractivity contribution in [1.82, 2.24) is 0 Å². The summed E-state index contributed by atoms with van der Waals surface area (Å²) in [5, 5.41) is 2.52. The summed E-state index contributed by atoms with van der Waals surface area (Å²) < 4.78 is 0. The van der Waals surface area contributed by atoms with Gasteiger partial charge in [-0.3, -0.25) is 0 Å². The molecule has 0 fully saturated rings. The molecule has 10 aromatic carbocycles. The van der Waals surface area contributed by atoms with E-state index in [1.54, 1.807) is 0 Å². The molecule has 278 valence electrons. The van der Waals surface area contributed by atoms with Crippen LogP contribution in [-0.2, 0) is 0 Å². The number of rotatable bonds is 9. The predicted octanol–water partition coefficient (Wildman–Crippen LogP) is 16.3. The lowest BCUT2D eigenvalue weighted by Gasteiger charge is -2.26. The van der Waals surface area contributed by atoms with E-state index in [0.717, 1.165) is 17.1 Å². The Hall–Kier alpha value is -7.74. The van der Waals surface area contributed by atoms with E-state index in [1.165, 1.54) is 77.5 Å². The molecule has 10 aromatic rings. The van der Waals surface area contributed by atoms with Crippen molar-refractivity contribution < 1.29 is 0 Å². The van der Waals surface area contributed by atoms with E-state index in [-0.39, 0.29) is 0 Å². The van der Waals surface area contributed by atoms with E-state index in [4.69, 9.17) is 0 Å². The lowest BCUT2D eigenvalue weighted by molar-refractivity contribution is 1.28. The molecule has 0 saturated heterocycles. The summed E-state index contributed by atoms with van der Waals surface area (Å²) in [6, 6.07) is 89.7. The fourth-order valence-corrected chi connectivity index (χ4v) is 8.10. The summed E-state index contributed by atoms with van der Waals surface area (Å²) >= 11 is 0. The van der Waals surface area contributed by atoms with Crippen LogP contribution in [0, 0.1) is 0 Å². The van der Waals surface area contributed by atoms with E-state index in [0.29, 0.717) is 0 Å². The van der Waals surface area contributed by atoms with Gasteiger partial charge in [0.05, 0.1) is 0 Å². The molecule has 0 unspecified atom stereocenters. The van der Waals surface area contributed by atoms with Gasteiger partial charge in [-0.05, 0) is 132 Å². The van der Waals surface area contributed by atoms with Crippen LogP contribution in [0.1, 0.15) is 0 Å². The fraction of sp³-hybridized carbons (Fsp3) is 0. The predicted molar refractivity (Wildman–Crippen MR) is 251 cm³/mol. The van der Waals surface area contributed by atoms with Crippen molar-refractivity contribution in [1.29, 1.82) is 0 Å². The lowest BCUT2D eigenvalue weighted by atomic mass is 9.96. The van der Waals surface area contributed by atoms with Gasteiger partial charge in [0.15, 0.2) is 0 Å². The Morgan fingerprint density at radius 2 is 0.441 bits per heavy atom. The Balaban J connectivity index is 0.935. The second kappa shape index (κ2) is 16.0. The van der Waals surface area contributed by atoms with Crippen molar-refractivity contribution >= 4 is 27.8 Å². The van der Waals surface area contributed by atoms with Crippen molar-refractivity contribution in [3.8, 4) is 66.8 Å². The van der Waals surface area contributed by atoms with Gasteiger partial charge in [-0.1, -0.05) is 194 Å². The van der Waals surface area contributed by atoms with Gasteiger partial charge in [0, 0.05) is 17.1 Å². The van der Waals surface area contributed by atoms with Crippen LogP contribution in [0.5, 0.6) is 0 Å². The van der Waals surface area contributed by atoms with E-state index in [2.05, 4.69) is 254 Å². The molecule has 0 aromatic heterocycles. The number of anilines is 3. The Labute approximate surface area is 346 Å². The van der Waals surface area contributed by atoms with Crippen molar-refractivity contribution in [3.63, 3.8) is 0 Å². The largest absolute Gasteiger partial charge is 0.311 e. The standard InChI is InChI=1S/C58H41N/c1-3-11-42(12-4-1)46-27-33-56(34-28-46)59(58-37-31-49(32-38-58)52-18-9-17-51(39-52)43-13-5-2-6-14-43)57-35-29-47(30-36-57)45-21-23-48(24-22-45)53-19-10-20-54(40-53)55-26-25-44-15-7-8-16-50(44)41-55/h1-41H. The quantitative estimate of drug-likeness (QED) is 0.142. The SMILES string of the molecule is c1ccc(-c2ccc(N(c3ccc(-c4ccc(-c5cccc(-c6ccc7ccccc7c6)c5)cc4)cc3)c3ccc(-c4cccc(-c5ccccc5)c4)cc3)cc2)cc1. The molecule has 0 radical (unpaired) electrons. The van der Waals surface area contributed by atoms with Crippen LogP contribution in [0.4, 0.5) is 17.1 Å². The molecule has 0 saturated carbocycles. The van der Waals surface area contributed by atoms with Crippen LogP contribution in [0.3, 0.4) is 0 Å². The van der Waals surface area contributed by atoms with E-state index in [9.17, 15) is 0 Å². The van der Waals surface area contributed by atoms with Crippen LogP contribution >= 0.6 is 0 Å². The molecule has 0 aliphatic carbocycles. The molecule has 0 spiro atoms. The second-order valence-corrected chi connectivity index (χ2v) is 15.0. The van der Waals surface area contributed by atoms with Gasteiger partial charge in [0.25, 0.3) is 0 Å². The van der Waals surface area contributed by atoms with Crippen molar-refractivity contribution in [2.45, 2.75) is 0 Å². The monoisotopic (exact) mass is 751 g/mol. The maximum absolute atomic E-state index is 2.34. The van der Waals surface area contributed by atoms with Crippen LogP contribution in [0.25, 0.3) is 77.5 Å². The summed E-state index contributed by atoms with van der Waals surface area (Å²) in [5.41, 5.74) is 17.8. The average molecular weight is 752 g/mol. The Morgan fingerprint density at radius 1 is 0.169 bits per heavy atom. The Morgan fingerprint density at radius 3 is 0.881 bits per heavy atom. The first-order chi connectivity index (χ1) is 29.2. The maximum Gasteiger partial charge on any atom is 0.0462 e. The molecule has 1 nitrogen and oxygen atoms in total. The minimum atomic E-state index is 1.10. The highest BCUT2D eigenvalue weighted by Gasteiger charge is 2.14. The molecule has 59 heavy (non-hydrogen) atoms. The first-order valence-corrected chi connectivity index (χ1v) is 20.2. The van der Waals surface area contributed by atoms with Gasteiger partial charge < -0.3 is 4.90 Å². The van der Waals surface area contributed by atoms with Gasteiger partial charge in [0.2, 0.25) is 0 Å². The lowest BCUT2D eigenvalue weighted by Crippen LogP contribution is -2.09. The topological polar surface area (TPSA) is 3.24 Å². The molecular weight excluding hydrogens is 711 g/mol. The fourth-order valence-electron chi connectivity index (χ4n) is 8.10. The van der Waals surface area contributed by atoms with E-state index in [1.807, 2.05) is 0 Å². The highest BCUT2D eigenvalue weighted by atomic mass is 15.1. The number of hydrogen-bond donors (Lipinski definition) is 0. The molecule has 0 aliphatic rings. The summed E-state index contributed by atoms with van der Waals surface area (Å²) in [6.07, 6.45) is 0. The Bertz CT molecular complexity index is 2980. The summed E-state index contributed by atoms with van der Waals surface area (Å²) in [7, 11) is 0. The minimum absolute atomic E-state index is 1.10. The third-order valence-corrected chi connectivity index (χ3v) is 11.3. The summed E-state index contributed by atoms with van der Waals surface area (Å²) in [4.78, 5) is 2.34. The first kappa shape index (κ1) is 35.7. The molecule has 10 rings (SSSR count). The van der Waals surface area contributed by atoms with Gasteiger partial charge in [-0.15, -0.1) is 0 Å². The van der Waals surface area contributed by atoms with Crippen molar-refractivity contribution in [2.75, 3.05) is 4.90 Å². The summed E-state index contributed by atoms with van der Waals surface area (Å²) in [5.74, 6) is 0. The van der Waals surface area contributed by atoms with Crippen molar-refractivity contribution in [3.05, 3.63) is 249 Å². The highest BCUT2D eigenvalue weighted by molar-refractivity contribution is 5.88. The van der Waals surface area contributed by atoms with Gasteiger partial charge >= 0.3 is 0 Å². The average Bonchev–Trinajstić information content (AvgIpc) is 3.33. The Kier molecular flexibility index (Phi) is 9.68. The van der Waals surface area contributed by atoms with Crippen LogP contribution in [0.15, 0.2) is 249 Å². The van der Waals surface area contributed by atoms with Crippen LogP contribution < -0.4 is 4.90 Å². The normalized spacial score (nSPS) is 11.1. The number of fused-ring (bicyclic) bond motifs is 1. The van der Waals surface area contributed by atoms with E-state index < -0.39 is 0 Å². The molecule has 0 atom stereocenters. The zero-order valence-corrected chi connectivity index (χ0v) is 32.6. The number of benzene rings is 10. The molecule has 0 aliphatic heterocycles. The van der Waals surface area contributed by atoms with E-state index >= 15 is 0 Å². The smallest absolute Gasteiger partial charge is 0.0462 e. The molecule has 1 heteroatoms. The number of hydrogen-bond acceptors (Lipinski definition) is 1. The zero-order chi connectivity index (χ0) is 39.4. The van der Waals surface area contributed by atoms with Gasteiger partial charge in [-0.2, -0.15) is 0 Å².